The average molecular weight is 541 g/mol. The molecule has 2 N–H and O–H groups in total. The Morgan fingerprint density at radius 1 is 1.08 bits per heavy atom. The zero-order valence-corrected chi connectivity index (χ0v) is 23.5. The zero-order chi connectivity index (χ0) is 27.7. The Morgan fingerprint density at radius 2 is 1.90 bits per heavy atom. The summed E-state index contributed by atoms with van der Waals surface area (Å²) in [7, 11) is 1.60. The van der Waals surface area contributed by atoms with E-state index in [1.54, 1.807) is 13.3 Å². The standard InChI is InChI=1S/C30H32N6O2S/c1-6-27(37)33-23-11-10-21(17-25(23)38-5)36-29(28(34-30(36)39)24-9-7-8-13-31-24)22-16-19(3)35(20(22)4)26-15-18(2)12-14-32-26/h7-17,28-29H,6H2,1-5H3,(H,33,37)(H,34,39)/t28-,29-/m1/s1. The van der Waals surface area contributed by atoms with Gasteiger partial charge in [0.05, 0.1) is 30.6 Å². The Bertz CT molecular complexity index is 1530. The van der Waals surface area contributed by atoms with Crippen LogP contribution >= 0.6 is 12.2 Å². The monoisotopic (exact) mass is 540 g/mol. The molecule has 200 valence electrons. The number of nitrogens with zero attached hydrogens (tertiary/aromatic N) is 4. The molecule has 9 heteroatoms. The molecule has 1 aliphatic heterocycles. The quantitative estimate of drug-likeness (QED) is 0.290. The molecule has 0 aliphatic carbocycles. The number of aryl methyl sites for hydroxylation is 2. The number of hydrogen-bond acceptors (Lipinski definition) is 5. The molecule has 3 aromatic heterocycles. The predicted octanol–water partition coefficient (Wildman–Crippen LogP) is 5.73. The summed E-state index contributed by atoms with van der Waals surface area (Å²) in [6.45, 7) is 8.09. The molecule has 1 aliphatic rings. The van der Waals surface area contributed by atoms with Crippen LogP contribution in [0.1, 0.15) is 53.6 Å². The maximum absolute atomic E-state index is 12.1. The first-order chi connectivity index (χ1) is 18.8. The van der Waals surface area contributed by atoms with Crippen LogP contribution in [0.25, 0.3) is 5.82 Å². The largest absolute Gasteiger partial charge is 0.494 e. The Hall–Kier alpha value is -4.24. The molecule has 1 fully saturated rings. The number of nitrogens with one attached hydrogen (secondary N) is 2. The molecule has 1 aromatic carbocycles. The van der Waals surface area contributed by atoms with Crippen LogP contribution in [0.4, 0.5) is 11.4 Å². The molecule has 0 radical (unpaired) electrons. The molecule has 4 heterocycles. The van der Waals surface area contributed by atoms with Crippen LogP contribution in [0.3, 0.4) is 0 Å². The van der Waals surface area contributed by atoms with E-state index in [0.717, 1.165) is 39.7 Å². The highest BCUT2D eigenvalue weighted by molar-refractivity contribution is 7.80. The minimum absolute atomic E-state index is 0.0790. The van der Waals surface area contributed by atoms with E-state index < -0.39 is 0 Å². The lowest BCUT2D eigenvalue weighted by molar-refractivity contribution is -0.115. The van der Waals surface area contributed by atoms with Gasteiger partial charge < -0.3 is 24.8 Å². The summed E-state index contributed by atoms with van der Waals surface area (Å²) in [6.07, 6.45) is 4.02. The van der Waals surface area contributed by atoms with Crippen molar-refractivity contribution in [3.63, 3.8) is 0 Å². The lowest BCUT2D eigenvalue weighted by atomic mass is 9.96. The number of amides is 1. The molecule has 8 nitrogen and oxygen atoms in total. The van der Waals surface area contributed by atoms with Crippen LogP contribution in [0.5, 0.6) is 5.75 Å². The molecule has 2 atom stereocenters. The maximum atomic E-state index is 12.1. The summed E-state index contributed by atoms with van der Waals surface area (Å²) in [4.78, 5) is 23.5. The number of anilines is 2. The number of thiocarbonyl (C=S) groups is 1. The summed E-state index contributed by atoms with van der Waals surface area (Å²) in [5.41, 5.74) is 6.77. The van der Waals surface area contributed by atoms with Crippen LogP contribution in [0.2, 0.25) is 0 Å². The van der Waals surface area contributed by atoms with Crippen molar-refractivity contribution in [2.75, 3.05) is 17.3 Å². The third kappa shape index (κ3) is 4.97. The van der Waals surface area contributed by atoms with Crippen molar-refractivity contribution in [3.05, 3.63) is 95.2 Å². The first-order valence-electron chi connectivity index (χ1n) is 12.9. The maximum Gasteiger partial charge on any atom is 0.224 e. The first kappa shape index (κ1) is 26.4. The van der Waals surface area contributed by atoms with Crippen molar-refractivity contribution in [3.8, 4) is 11.6 Å². The summed E-state index contributed by atoms with van der Waals surface area (Å²) in [6, 6.07) is 17.5. The fraction of sp³-hybridized carbons (Fsp3) is 0.267. The topological polar surface area (TPSA) is 84.3 Å². The van der Waals surface area contributed by atoms with E-state index in [0.29, 0.717) is 23.0 Å². The van der Waals surface area contributed by atoms with Crippen molar-refractivity contribution >= 4 is 34.6 Å². The summed E-state index contributed by atoms with van der Waals surface area (Å²) in [5.74, 6) is 1.36. The highest BCUT2D eigenvalue weighted by Crippen LogP contribution is 2.45. The number of pyridine rings is 2. The van der Waals surface area contributed by atoms with Crippen LogP contribution in [-0.2, 0) is 4.79 Å². The third-order valence-electron chi connectivity index (χ3n) is 7.08. The van der Waals surface area contributed by atoms with Gasteiger partial charge in [-0.15, -0.1) is 0 Å². The number of methoxy groups -OCH3 is 1. The first-order valence-corrected chi connectivity index (χ1v) is 13.3. The molecule has 39 heavy (non-hydrogen) atoms. The van der Waals surface area contributed by atoms with E-state index in [1.807, 2.05) is 55.6 Å². The second-order valence-corrected chi connectivity index (χ2v) is 10.0. The van der Waals surface area contributed by atoms with Gasteiger partial charge in [0, 0.05) is 42.0 Å². The molecule has 0 bridgehead atoms. The van der Waals surface area contributed by atoms with Gasteiger partial charge in [0.25, 0.3) is 0 Å². The van der Waals surface area contributed by atoms with Gasteiger partial charge in [-0.05, 0) is 86.6 Å². The van der Waals surface area contributed by atoms with Gasteiger partial charge in [0.15, 0.2) is 5.11 Å². The molecule has 5 rings (SSSR count). The number of hydrogen-bond donors (Lipinski definition) is 2. The number of carbonyl (C=O) groups is 1. The van der Waals surface area contributed by atoms with Gasteiger partial charge in [0.1, 0.15) is 11.6 Å². The molecule has 0 spiro atoms. The van der Waals surface area contributed by atoms with Crippen molar-refractivity contribution in [1.82, 2.24) is 19.9 Å². The smallest absolute Gasteiger partial charge is 0.224 e. The molecule has 0 unspecified atom stereocenters. The second kappa shape index (κ2) is 10.9. The highest BCUT2D eigenvalue weighted by atomic mass is 32.1. The average Bonchev–Trinajstić information content (AvgIpc) is 3.43. The Morgan fingerprint density at radius 3 is 2.59 bits per heavy atom. The minimum Gasteiger partial charge on any atom is -0.494 e. The second-order valence-electron chi connectivity index (χ2n) is 9.64. The van der Waals surface area contributed by atoms with Crippen molar-refractivity contribution in [2.24, 2.45) is 0 Å². The van der Waals surface area contributed by atoms with E-state index in [1.165, 1.54) is 0 Å². The normalized spacial score (nSPS) is 16.7. The Kier molecular flexibility index (Phi) is 7.34. The fourth-order valence-corrected chi connectivity index (χ4v) is 5.55. The van der Waals surface area contributed by atoms with Crippen LogP contribution in [0.15, 0.2) is 67.0 Å². The predicted molar refractivity (Wildman–Crippen MR) is 158 cm³/mol. The van der Waals surface area contributed by atoms with Gasteiger partial charge in [-0.25, -0.2) is 4.98 Å². The molecule has 1 amide bonds. The molecular weight excluding hydrogens is 508 g/mol. The molecule has 0 saturated carbocycles. The molecule has 1 saturated heterocycles. The number of rotatable bonds is 7. The lowest BCUT2D eigenvalue weighted by Gasteiger charge is -2.29. The minimum atomic E-state index is -0.196. The number of carbonyl (C=O) groups excluding carboxylic acids is 1. The third-order valence-corrected chi connectivity index (χ3v) is 7.39. The number of aromatic nitrogens is 3. The zero-order valence-electron chi connectivity index (χ0n) is 22.7. The summed E-state index contributed by atoms with van der Waals surface area (Å²) in [5, 5.41) is 7.02. The van der Waals surface area contributed by atoms with Gasteiger partial charge in [-0.3, -0.25) is 9.78 Å². The van der Waals surface area contributed by atoms with Gasteiger partial charge >= 0.3 is 0 Å². The fourth-order valence-electron chi connectivity index (χ4n) is 5.20. The van der Waals surface area contributed by atoms with Crippen LogP contribution in [0, 0.1) is 20.8 Å². The summed E-state index contributed by atoms with van der Waals surface area (Å²) >= 11 is 5.93. The Labute approximate surface area is 234 Å². The van der Waals surface area contributed by atoms with E-state index in [4.69, 9.17) is 17.0 Å². The van der Waals surface area contributed by atoms with Crippen LogP contribution < -0.4 is 20.3 Å². The highest BCUT2D eigenvalue weighted by Gasteiger charge is 2.42. The van der Waals surface area contributed by atoms with Crippen molar-refractivity contribution < 1.29 is 9.53 Å². The molecular formula is C30H32N6O2S. The van der Waals surface area contributed by atoms with E-state index in [-0.39, 0.29) is 18.0 Å². The van der Waals surface area contributed by atoms with Gasteiger partial charge in [-0.1, -0.05) is 13.0 Å². The van der Waals surface area contributed by atoms with E-state index in [2.05, 4.69) is 63.0 Å². The van der Waals surface area contributed by atoms with E-state index >= 15 is 0 Å². The van der Waals surface area contributed by atoms with E-state index in [9.17, 15) is 4.79 Å². The van der Waals surface area contributed by atoms with Crippen LogP contribution in [-0.4, -0.2) is 32.7 Å². The molecule has 4 aromatic rings. The summed E-state index contributed by atoms with van der Waals surface area (Å²) < 4.78 is 7.85. The van der Waals surface area contributed by atoms with Gasteiger partial charge in [0.2, 0.25) is 5.91 Å². The Balaban J connectivity index is 1.65. The number of ether oxygens (including phenoxy) is 1. The lowest BCUT2D eigenvalue weighted by Crippen LogP contribution is -2.29. The number of benzene rings is 1. The van der Waals surface area contributed by atoms with Gasteiger partial charge in [-0.2, -0.15) is 0 Å². The van der Waals surface area contributed by atoms with Crippen molar-refractivity contribution in [2.45, 2.75) is 46.2 Å². The SMILES string of the molecule is CCC(=O)Nc1ccc(N2C(=S)N[C@H](c3ccccn3)[C@H]2c2cc(C)n(-c3cc(C)ccn3)c2C)cc1OC. The van der Waals surface area contributed by atoms with Crippen molar-refractivity contribution in [1.29, 1.82) is 0 Å².